The summed E-state index contributed by atoms with van der Waals surface area (Å²) >= 11 is 0. The van der Waals surface area contributed by atoms with Gasteiger partial charge >= 0.3 is 0 Å². The van der Waals surface area contributed by atoms with Gasteiger partial charge in [0.15, 0.2) is 0 Å². The van der Waals surface area contributed by atoms with E-state index >= 15 is 0 Å². The number of fused-ring (bicyclic) bond motifs is 1. The van der Waals surface area contributed by atoms with Crippen molar-refractivity contribution >= 4 is 34.2 Å². The predicted octanol–water partition coefficient (Wildman–Crippen LogP) is 2.80. The van der Waals surface area contributed by atoms with E-state index in [0.29, 0.717) is 23.3 Å². The third kappa shape index (κ3) is 3.47. The van der Waals surface area contributed by atoms with Gasteiger partial charge in [-0.15, -0.1) is 5.10 Å². The van der Waals surface area contributed by atoms with Crippen LogP contribution in [0.25, 0.3) is 11.0 Å². The highest BCUT2D eigenvalue weighted by molar-refractivity contribution is 6.06. The highest BCUT2D eigenvalue weighted by Crippen LogP contribution is 2.21. The Morgan fingerprint density at radius 2 is 1.96 bits per heavy atom. The van der Waals surface area contributed by atoms with Crippen molar-refractivity contribution in [3.05, 3.63) is 47.8 Å². The highest BCUT2D eigenvalue weighted by atomic mass is 19.1. The summed E-state index contributed by atoms with van der Waals surface area (Å²) in [5.41, 5.74) is 2.11. The molecule has 0 saturated heterocycles. The smallest absolute Gasteiger partial charge is 0.255 e. The molecule has 0 fully saturated rings. The molecule has 2 amide bonds. The predicted molar refractivity (Wildman–Crippen MR) is 91.9 cm³/mol. The molecule has 1 heterocycles. The van der Waals surface area contributed by atoms with Crippen molar-refractivity contribution in [2.45, 2.75) is 20.4 Å². The Bertz CT molecular complexity index is 967. The summed E-state index contributed by atoms with van der Waals surface area (Å²) < 4.78 is 15.6. The Morgan fingerprint density at radius 1 is 1.16 bits per heavy atom. The zero-order valence-electron chi connectivity index (χ0n) is 13.7. The molecule has 0 aliphatic heterocycles. The number of aryl methyl sites for hydroxylation is 1. The van der Waals surface area contributed by atoms with Crippen molar-refractivity contribution in [3.63, 3.8) is 0 Å². The van der Waals surface area contributed by atoms with Crippen LogP contribution in [-0.2, 0) is 11.3 Å². The van der Waals surface area contributed by atoms with Crippen molar-refractivity contribution in [2.75, 3.05) is 10.6 Å². The summed E-state index contributed by atoms with van der Waals surface area (Å²) in [5.74, 6) is -1.36. The lowest BCUT2D eigenvalue weighted by Gasteiger charge is -2.09. The highest BCUT2D eigenvalue weighted by Gasteiger charge is 2.13. The fourth-order valence-electron chi connectivity index (χ4n) is 2.44. The fraction of sp³-hybridized carbons (Fsp3) is 0.176. The molecule has 0 bridgehead atoms. The lowest BCUT2D eigenvalue weighted by Crippen LogP contribution is -2.14. The van der Waals surface area contributed by atoms with Crippen molar-refractivity contribution in [3.8, 4) is 0 Å². The van der Waals surface area contributed by atoms with Crippen molar-refractivity contribution in [1.82, 2.24) is 15.0 Å². The van der Waals surface area contributed by atoms with Crippen LogP contribution >= 0.6 is 0 Å². The van der Waals surface area contributed by atoms with E-state index in [1.807, 2.05) is 6.92 Å². The lowest BCUT2D eigenvalue weighted by molar-refractivity contribution is -0.114. The number of halogens is 1. The quantitative estimate of drug-likeness (QED) is 0.764. The number of hydrogen-bond acceptors (Lipinski definition) is 4. The first-order chi connectivity index (χ1) is 12.0. The van der Waals surface area contributed by atoms with Gasteiger partial charge in [-0.3, -0.25) is 9.59 Å². The van der Waals surface area contributed by atoms with E-state index in [1.54, 1.807) is 22.9 Å². The van der Waals surface area contributed by atoms with Gasteiger partial charge in [0, 0.05) is 24.7 Å². The first-order valence-electron chi connectivity index (χ1n) is 7.69. The number of anilines is 2. The number of benzene rings is 2. The maximum atomic E-state index is 13.9. The van der Waals surface area contributed by atoms with Crippen LogP contribution in [0.5, 0.6) is 0 Å². The normalized spacial score (nSPS) is 10.7. The van der Waals surface area contributed by atoms with Gasteiger partial charge in [0.1, 0.15) is 11.3 Å². The lowest BCUT2D eigenvalue weighted by atomic mass is 10.1. The molecular formula is C17H16FN5O2. The van der Waals surface area contributed by atoms with Crippen LogP contribution in [0, 0.1) is 5.82 Å². The van der Waals surface area contributed by atoms with Crippen molar-refractivity contribution < 1.29 is 14.0 Å². The molecule has 25 heavy (non-hydrogen) atoms. The Morgan fingerprint density at radius 3 is 2.68 bits per heavy atom. The molecule has 2 aromatic carbocycles. The Hall–Kier alpha value is -3.29. The minimum absolute atomic E-state index is 0.0199. The second-order valence-electron chi connectivity index (χ2n) is 5.44. The minimum Gasteiger partial charge on any atom is -0.326 e. The fourth-order valence-corrected chi connectivity index (χ4v) is 2.44. The monoisotopic (exact) mass is 341 g/mol. The summed E-state index contributed by atoms with van der Waals surface area (Å²) in [7, 11) is 0. The summed E-state index contributed by atoms with van der Waals surface area (Å²) in [4.78, 5) is 23.5. The van der Waals surface area contributed by atoms with Crippen LogP contribution in [0.4, 0.5) is 15.8 Å². The molecular weight excluding hydrogens is 325 g/mol. The van der Waals surface area contributed by atoms with Gasteiger partial charge < -0.3 is 10.6 Å². The SMILES string of the molecule is CCn1nnc2cc(C(=O)Nc3cc(NC(C)=O)ccc3F)ccc21. The number of carbonyl (C=O) groups is 2. The molecule has 128 valence electrons. The zero-order valence-corrected chi connectivity index (χ0v) is 13.7. The molecule has 1 aromatic heterocycles. The van der Waals surface area contributed by atoms with Crippen LogP contribution in [0.15, 0.2) is 36.4 Å². The van der Waals surface area contributed by atoms with Crippen LogP contribution < -0.4 is 10.6 Å². The Labute approximate surface area is 142 Å². The maximum Gasteiger partial charge on any atom is 0.255 e. The molecule has 0 radical (unpaired) electrons. The van der Waals surface area contributed by atoms with E-state index < -0.39 is 11.7 Å². The molecule has 2 N–H and O–H groups in total. The number of carbonyl (C=O) groups excluding carboxylic acids is 2. The number of nitrogens with zero attached hydrogens (tertiary/aromatic N) is 3. The number of hydrogen-bond donors (Lipinski definition) is 2. The molecule has 0 spiro atoms. The summed E-state index contributed by atoms with van der Waals surface area (Å²) in [6.45, 7) is 3.96. The van der Waals surface area contributed by atoms with E-state index in [-0.39, 0.29) is 11.6 Å². The summed E-state index contributed by atoms with van der Waals surface area (Å²) in [5, 5.41) is 13.0. The molecule has 7 nitrogen and oxygen atoms in total. The Balaban J connectivity index is 1.85. The number of rotatable bonds is 4. The van der Waals surface area contributed by atoms with Gasteiger partial charge in [0.2, 0.25) is 5.91 Å². The molecule has 0 atom stereocenters. The van der Waals surface area contributed by atoms with Gasteiger partial charge in [-0.2, -0.15) is 0 Å². The van der Waals surface area contributed by atoms with E-state index in [9.17, 15) is 14.0 Å². The van der Waals surface area contributed by atoms with E-state index in [0.717, 1.165) is 5.52 Å². The summed E-state index contributed by atoms with van der Waals surface area (Å²) in [6, 6.07) is 8.93. The molecule has 0 aliphatic carbocycles. The van der Waals surface area contributed by atoms with E-state index in [4.69, 9.17) is 0 Å². The van der Waals surface area contributed by atoms with Gasteiger partial charge in [-0.25, -0.2) is 9.07 Å². The molecule has 0 unspecified atom stereocenters. The largest absolute Gasteiger partial charge is 0.326 e. The van der Waals surface area contributed by atoms with Crippen LogP contribution in [-0.4, -0.2) is 26.8 Å². The van der Waals surface area contributed by atoms with E-state index in [2.05, 4.69) is 20.9 Å². The standard InChI is InChI=1S/C17H16FN5O2/c1-3-23-16-7-4-11(8-15(16)21-22-23)17(25)20-14-9-12(19-10(2)24)5-6-13(14)18/h4-9H,3H2,1-2H3,(H,19,24)(H,20,25). The molecule has 0 aliphatic rings. The van der Waals surface area contributed by atoms with Crippen LogP contribution in [0.3, 0.4) is 0 Å². The van der Waals surface area contributed by atoms with Crippen molar-refractivity contribution in [1.29, 1.82) is 0 Å². The average Bonchev–Trinajstić information content (AvgIpc) is 2.99. The van der Waals surface area contributed by atoms with Gasteiger partial charge in [-0.05, 0) is 43.3 Å². The molecule has 0 saturated carbocycles. The molecule has 3 rings (SSSR count). The van der Waals surface area contributed by atoms with Gasteiger partial charge in [0.25, 0.3) is 5.91 Å². The molecule has 8 heteroatoms. The maximum absolute atomic E-state index is 13.9. The second kappa shape index (κ2) is 6.68. The Kier molecular flexibility index (Phi) is 4.42. The minimum atomic E-state index is -0.597. The second-order valence-corrected chi connectivity index (χ2v) is 5.44. The third-order valence-electron chi connectivity index (χ3n) is 3.61. The van der Waals surface area contributed by atoms with Crippen LogP contribution in [0.2, 0.25) is 0 Å². The van der Waals surface area contributed by atoms with E-state index in [1.165, 1.54) is 25.1 Å². The van der Waals surface area contributed by atoms with Crippen LogP contribution in [0.1, 0.15) is 24.2 Å². The number of aromatic nitrogens is 3. The first kappa shape index (κ1) is 16.6. The van der Waals surface area contributed by atoms with Crippen molar-refractivity contribution in [2.24, 2.45) is 0 Å². The average molecular weight is 341 g/mol. The number of amides is 2. The molecule has 3 aromatic rings. The first-order valence-corrected chi connectivity index (χ1v) is 7.69. The van der Waals surface area contributed by atoms with Gasteiger partial charge in [-0.1, -0.05) is 5.21 Å². The summed E-state index contributed by atoms with van der Waals surface area (Å²) in [6.07, 6.45) is 0. The number of nitrogens with one attached hydrogen (secondary N) is 2. The topological polar surface area (TPSA) is 88.9 Å². The zero-order chi connectivity index (χ0) is 18.0. The third-order valence-corrected chi connectivity index (χ3v) is 3.61. The van der Waals surface area contributed by atoms with Gasteiger partial charge in [0.05, 0.1) is 11.2 Å².